The molecule has 2 rings (SSSR count). The monoisotopic (exact) mass is 357 g/mol. The second kappa shape index (κ2) is 7.35. The van der Waals surface area contributed by atoms with E-state index in [4.69, 9.17) is 33.3 Å². The Kier molecular flexibility index (Phi) is 5.72. The van der Waals surface area contributed by atoms with Gasteiger partial charge in [0, 0.05) is 0 Å². The molecule has 1 fully saturated rings. The van der Waals surface area contributed by atoms with Crippen molar-refractivity contribution < 1.29 is 14.3 Å². The van der Waals surface area contributed by atoms with Gasteiger partial charge >= 0.3 is 0 Å². The van der Waals surface area contributed by atoms with E-state index in [2.05, 4.69) is 5.32 Å². The number of rotatable bonds is 5. The number of halogens is 1. The van der Waals surface area contributed by atoms with Crippen molar-refractivity contribution in [2.24, 2.45) is 0 Å². The van der Waals surface area contributed by atoms with Gasteiger partial charge in [0.05, 0.1) is 23.1 Å². The van der Waals surface area contributed by atoms with Crippen molar-refractivity contribution >= 4 is 51.9 Å². The Morgan fingerprint density at radius 2 is 2.23 bits per heavy atom. The number of nitrogens with one attached hydrogen (secondary N) is 1. The SMILES string of the molecule is CC[C@H](C)Oc1c(Cl)cc(/C=C2/SC(=S)NC2=O)cc1OC. The first-order chi connectivity index (χ1) is 10.4. The zero-order valence-electron chi connectivity index (χ0n) is 12.4. The first-order valence-corrected chi connectivity index (χ1v) is 8.34. The van der Waals surface area contributed by atoms with Crippen molar-refractivity contribution in [2.45, 2.75) is 26.4 Å². The van der Waals surface area contributed by atoms with Crippen LogP contribution >= 0.6 is 35.6 Å². The fourth-order valence-corrected chi connectivity index (χ4v) is 3.10. The second-order valence-corrected chi connectivity index (χ2v) is 6.85. The molecule has 1 aliphatic heterocycles. The summed E-state index contributed by atoms with van der Waals surface area (Å²) in [6.07, 6.45) is 2.62. The van der Waals surface area contributed by atoms with Gasteiger partial charge in [-0.1, -0.05) is 42.5 Å². The maximum Gasteiger partial charge on any atom is 0.263 e. The molecule has 1 aromatic carbocycles. The number of carbonyl (C=O) groups excluding carboxylic acids is 1. The largest absolute Gasteiger partial charge is 0.493 e. The van der Waals surface area contributed by atoms with Crippen molar-refractivity contribution in [3.63, 3.8) is 0 Å². The summed E-state index contributed by atoms with van der Waals surface area (Å²) in [5, 5.41) is 3.02. The average Bonchev–Trinajstić information content (AvgIpc) is 2.79. The van der Waals surface area contributed by atoms with Crippen molar-refractivity contribution in [3.05, 3.63) is 27.6 Å². The molecular weight excluding hydrogens is 342 g/mol. The molecule has 0 aromatic heterocycles. The fraction of sp³-hybridized carbons (Fsp3) is 0.333. The zero-order valence-corrected chi connectivity index (χ0v) is 14.8. The molecule has 1 amide bonds. The van der Waals surface area contributed by atoms with Crippen molar-refractivity contribution in [1.29, 1.82) is 0 Å². The van der Waals surface area contributed by atoms with E-state index in [1.165, 1.54) is 11.8 Å². The van der Waals surface area contributed by atoms with Gasteiger partial charge in [-0.25, -0.2) is 0 Å². The first kappa shape index (κ1) is 17.1. The molecule has 4 nitrogen and oxygen atoms in total. The number of methoxy groups -OCH3 is 1. The highest BCUT2D eigenvalue weighted by Gasteiger charge is 2.22. The van der Waals surface area contributed by atoms with Gasteiger partial charge in [0.1, 0.15) is 4.32 Å². The van der Waals surface area contributed by atoms with E-state index in [-0.39, 0.29) is 12.0 Å². The number of thiocarbonyl (C=S) groups is 1. The van der Waals surface area contributed by atoms with Gasteiger partial charge < -0.3 is 14.8 Å². The molecule has 0 aliphatic carbocycles. The summed E-state index contributed by atoms with van der Waals surface area (Å²) in [6.45, 7) is 3.99. The Morgan fingerprint density at radius 3 is 2.77 bits per heavy atom. The van der Waals surface area contributed by atoms with E-state index in [0.717, 1.165) is 12.0 Å². The molecule has 1 atom stereocenters. The van der Waals surface area contributed by atoms with Crippen LogP contribution in [0.1, 0.15) is 25.8 Å². The summed E-state index contributed by atoms with van der Waals surface area (Å²) in [4.78, 5) is 12.2. The molecular formula is C15H16ClNO3S2. The van der Waals surface area contributed by atoms with Gasteiger partial charge in [-0.05, 0) is 37.1 Å². The lowest BCUT2D eigenvalue weighted by molar-refractivity contribution is -0.115. The Labute approximate surface area is 144 Å². The fourth-order valence-electron chi connectivity index (χ4n) is 1.79. The average molecular weight is 358 g/mol. The van der Waals surface area contributed by atoms with Crippen LogP contribution < -0.4 is 14.8 Å². The highest BCUT2D eigenvalue weighted by molar-refractivity contribution is 8.26. The molecule has 7 heteroatoms. The number of benzene rings is 1. The van der Waals surface area contributed by atoms with Crippen LogP contribution in [-0.4, -0.2) is 23.4 Å². The van der Waals surface area contributed by atoms with Gasteiger partial charge in [0.2, 0.25) is 0 Å². The number of amides is 1. The van der Waals surface area contributed by atoms with Crippen LogP contribution in [0.15, 0.2) is 17.0 Å². The van der Waals surface area contributed by atoms with Crippen molar-refractivity contribution in [1.82, 2.24) is 5.32 Å². The molecule has 0 spiro atoms. The first-order valence-electron chi connectivity index (χ1n) is 6.73. The van der Waals surface area contributed by atoms with E-state index < -0.39 is 0 Å². The lowest BCUT2D eigenvalue weighted by Crippen LogP contribution is -2.17. The van der Waals surface area contributed by atoms with Gasteiger partial charge in [-0.15, -0.1) is 0 Å². The minimum absolute atomic E-state index is 0.0316. The quantitative estimate of drug-likeness (QED) is 0.637. The molecule has 1 heterocycles. The van der Waals surface area contributed by atoms with E-state index in [1.807, 2.05) is 13.8 Å². The minimum atomic E-state index is -0.204. The molecule has 22 heavy (non-hydrogen) atoms. The van der Waals surface area contributed by atoms with Crippen molar-refractivity contribution in [3.8, 4) is 11.5 Å². The molecule has 0 saturated carbocycles. The second-order valence-electron chi connectivity index (χ2n) is 4.72. The Hall–Kier alpha value is -1.24. The summed E-state index contributed by atoms with van der Waals surface area (Å²) in [7, 11) is 1.55. The number of hydrogen-bond acceptors (Lipinski definition) is 5. The van der Waals surface area contributed by atoms with Crippen LogP contribution in [0.4, 0.5) is 0 Å². The summed E-state index contributed by atoms with van der Waals surface area (Å²) in [6, 6.07) is 3.52. The van der Waals surface area contributed by atoms with E-state index >= 15 is 0 Å². The summed E-state index contributed by atoms with van der Waals surface area (Å²) < 4.78 is 11.6. The topological polar surface area (TPSA) is 47.6 Å². The zero-order chi connectivity index (χ0) is 16.3. The number of ether oxygens (including phenoxy) is 2. The molecule has 0 radical (unpaired) electrons. The highest BCUT2D eigenvalue weighted by atomic mass is 35.5. The third-order valence-corrected chi connectivity index (χ3v) is 4.53. The summed E-state index contributed by atoms with van der Waals surface area (Å²) in [5.74, 6) is 0.843. The summed E-state index contributed by atoms with van der Waals surface area (Å²) in [5.41, 5.74) is 0.751. The van der Waals surface area contributed by atoms with Crippen molar-refractivity contribution in [2.75, 3.05) is 7.11 Å². The van der Waals surface area contributed by atoms with Crippen LogP contribution in [0.2, 0.25) is 5.02 Å². The number of carbonyl (C=O) groups is 1. The third kappa shape index (κ3) is 3.94. The third-order valence-electron chi connectivity index (χ3n) is 3.09. The molecule has 1 aromatic rings. The minimum Gasteiger partial charge on any atom is -0.493 e. The molecule has 0 bridgehead atoms. The normalized spacial score (nSPS) is 17.5. The maximum atomic E-state index is 11.7. The van der Waals surface area contributed by atoms with Crippen LogP contribution in [0.5, 0.6) is 11.5 Å². The van der Waals surface area contributed by atoms with Crippen LogP contribution in [0, 0.1) is 0 Å². The van der Waals surface area contributed by atoms with Crippen LogP contribution in [-0.2, 0) is 4.79 Å². The van der Waals surface area contributed by atoms with Gasteiger partial charge in [-0.2, -0.15) is 0 Å². The van der Waals surface area contributed by atoms with Crippen LogP contribution in [0.25, 0.3) is 6.08 Å². The summed E-state index contributed by atoms with van der Waals surface area (Å²) >= 11 is 12.5. The molecule has 1 N–H and O–H groups in total. The van der Waals surface area contributed by atoms with Gasteiger partial charge in [-0.3, -0.25) is 4.79 Å². The molecule has 0 unspecified atom stereocenters. The Bertz CT molecular complexity index is 646. The number of hydrogen-bond donors (Lipinski definition) is 1. The van der Waals surface area contributed by atoms with Crippen LogP contribution in [0.3, 0.4) is 0 Å². The van der Waals surface area contributed by atoms with E-state index in [9.17, 15) is 4.79 Å². The van der Waals surface area contributed by atoms with Gasteiger partial charge in [0.15, 0.2) is 11.5 Å². The van der Waals surface area contributed by atoms with E-state index in [0.29, 0.717) is 25.7 Å². The molecule has 1 aliphatic rings. The molecule has 1 saturated heterocycles. The lowest BCUT2D eigenvalue weighted by atomic mass is 10.1. The smallest absolute Gasteiger partial charge is 0.263 e. The standard InChI is InChI=1S/C15H16ClNO3S2/c1-4-8(2)20-13-10(16)5-9(6-11(13)19-3)7-12-14(18)17-15(21)22-12/h5-8H,4H2,1-3H3,(H,17,18,21)/b12-7+/t8-/m0/s1. The predicted molar refractivity (Wildman–Crippen MR) is 94.7 cm³/mol. The maximum absolute atomic E-state index is 11.7. The highest BCUT2D eigenvalue weighted by Crippen LogP contribution is 2.38. The predicted octanol–water partition coefficient (Wildman–Crippen LogP) is 4.01. The van der Waals surface area contributed by atoms with Gasteiger partial charge in [0.25, 0.3) is 5.91 Å². The number of thioether (sulfide) groups is 1. The lowest BCUT2D eigenvalue weighted by Gasteiger charge is -2.17. The van der Waals surface area contributed by atoms with E-state index in [1.54, 1.807) is 25.3 Å². The Balaban J connectivity index is 2.35. The molecule has 118 valence electrons. The Morgan fingerprint density at radius 1 is 1.50 bits per heavy atom.